The highest BCUT2D eigenvalue weighted by molar-refractivity contribution is 8.07. The van der Waals surface area contributed by atoms with Crippen LogP contribution in [0.3, 0.4) is 0 Å². The van der Waals surface area contributed by atoms with Crippen LogP contribution in [0.5, 0.6) is 0 Å². The summed E-state index contributed by atoms with van der Waals surface area (Å²) in [4.78, 5) is 27.6. The van der Waals surface area contributed by atoms with Gasteiger partial charge in [0, 0.05) is 24.3 Å². The zero-order chi connectivity index (χ0) is 17.5. The monoisotopic (exact) mass is 379 g/mol. The van der Waals surface area contributed by atoms with Gasteiger partial charge in [-0.1, -0.05) is 5.11 Å². The molecule has 130 valence electrons. The van der Waals surface area contributed by atoms with Gasteiger partial charge in [0.25, 0.3) is 5.56 Å². The third-order valence-corrected chi connectivity index (χ3v) is 5.97. The third-order valence-electron chi connectivity index (χ3n) is 3.57. The topological polar surface area (TPSA) is 141 Å². The fraction of sp³-hybridized carbons (Fsp3) is 0.600. The quantitative estimate of drug-likeness (QED) is 0.353. The van der Waals surface area contributed by atoms with E-state index in [2.05, 4.69) is 10.0 Å². The van der Waals surface area contributed by atoms with Gasteiger partial charge in [0.15, 0.2) is 12.4 Å². The number of fused-ring (bicyclic) bond motifs is 1. The van der Waals surface area contributed by atoms with Crippen molar-refractivity contribution < 1.29 is 22.7 Å². The summed E-state index contributed by atoms with van der Waals surface area (Å²) >= 11 is 5.04. The highest BCUT2D eigenvalue weighted by Crippen LogP contribution is 2.60. The Balaban J connectivity index is 2.04. The minimum atomic E-state index is -3.22. The molecule has 5 atom stereocenters. The lowest BCUT2D eigenvalue weighted by Crippen LogP contribution is -2.48. The zero-order valence-electron chi connectivity index (χ0n) is 12.1. The van der Waals surface area contributed by atoms with Gasteiger partial charge < -0.3 is 13.8 Å². The Kier molecular flexibility index (Phi) is 4.34. The normalized spacial score (nSPS) is 38.3. The fourth-order valence-corrected chi connectivity index (χ4v) is 4.05. The first kappa shape index (κ1) is 17.2. The number of ether oxygens (including phenoxy) is 1. The van der Waals surface area contributed by atoms with Crippen molar-refractivity contribution in [3.05, 3.63) is 43.5 Å². The van der Waals surface area contributed by atoms with Crippen LogP contribution in [0.25, 0.3) is 10.4 Å². The maximum absolute atomic E-state index is 14.9. The molecule has 0 saturated carbocycles. The molecule has 3 heterocycles. The van der Waals surface area contributed by atoms with E-state index < -0.39 is 48.8 Å². The van der Waals surface area contributed by atoms with Crippen LogP contribution in [-0.2, 0) is 30.1 Å². The predicted octanol–water partition coefficient (Wildman–Crippen LogP) is 0.696. The molecule has 0 amide bonds. The number of hydrogen-bond donors (Lipinski definition) is 1. The molecular formula is C10H11FN5O6PS. The van der Waals surface area contributed by atoms with Gasteiger partial charge in [-0.05, 0) is 17.3 Å². The summed E-state index contributed by atoms with van der Waals surface area (Å²) in [5.74, 6) is 0. The first-order chi connectivity index (χ1) is 11.3. The molecule has 0 aliphatic carbocycles. The lowest BCUT2D eigenvalue weighted by atomic mass is 10.1. The Bertz CT molecular complexity index is 870. The molecule has 2 fully saturated rings. The molecule has 11 nitrogen and oxygen atoms in total. The van der Waals surface area contributed by atoms with Crippen LogP contribution in [0.1, 0.15) is 6.23 Å². The molecule has 1 aromatic rings. The van der Waals surface area contributed by atoms with Crippen LogP contribution in [0.15, 0.2) is 27.0 Å². The maximum atomic E-state index is 14.9. The molecule has 1 aromatic heterocycles. The van der Waals surface area contributed by atoms with Crippen molar-refractivity contribution in [3.63, 3.8) is 0 Å². The molecule has 2 saturated heterocycles. The highest BCUT2D eigenvalue weighted by Gasteiger charge is 2.62. The van der Waals surface area contributed by atoms with E-state index >= 15 is 0 Å². The molecule has 24 heavy (non-hydrogen) atoms. The first-order valence-corrected chi connectivity index (χ1v) is 9.08. The van der Waals surface area contributed by atoms with Crippen LogP contribution < -0.4 is 11.2 Å². The van der Waals surface area contributed by atoms with E-state index in [4.69, 9.17) is 35.6 Å². The number of rotatable bonds is 3. The number of halogens is 1. The van der Waals surface area contributed by atoms with Crippen molar-refractivity contribution in [3.8, 4) is 0 Å². The molecule has 1 N–H and O–H groups in total. The predicted molar refractivity (Wildman–Crippen MR) is 80.3 cm³/mol. The van der Waals surface area contributed by atoms with Gasteiger partial charge in [0.05, 0.1) is 6.61 Å². The summed E-state index contributed by atoms with van der Waals surface area (Å²) in [5, 5.41) is 3.45. The zero-order valence-corrected chi connectivity index (χ0v) is 13.8. The van der Waals surface area contributed by atoms with Crippen LogP contribution in [0.2, 0.25) is 0 Å². The van der Waals surface area contributed by atoms with E-state index in [0.717, 1.165) is 16.8 Å². The number of nitrogens with zero attached hydrogens (tertiary/aromatic N) is 4. The Morgan fingerprint density at radius 2 is 2.42 bits per heavy atom. The number of aromatic amines is 1. The van der Waals surface area contributed by atoms with Crippen molar-refractivity contribution in [1.29, 1.82) is 0 Å². The van der Waals surface area contributed by atoms with E-state index in [1.165, 1.54) is 7.11 Å². The molecule has 2 aliphatic rings. The second kappa shape index (κ2) is 6.05. The van der Waals surface area contributed by atoms with E-state index in [0.29, 0.717) is 0 Å². The van der Waals surface area contributed by atoms with E-state index in [9.17, 15) is 14.0 Å². The largest absolute Gasteiger partial charge is 0.337 e. The lowest BCUT2D eigenvalue weighted by molar-refractivity contribution is -0.136. The molecule has 3 rings (SSSR count). The van der Waals surface area contributed by atoms with Crippen molar-refractivity contribution in [2.45, 2.75) is 24.2 Å². The molecule has 0 bridgehead atoms. The van der Waals surface area contributed by atoms with Gasteiger partial charge in [-0.25, -0.2) is 9.18 Å². The summed E-state index contributed by atoms with van der Waals surface area (Å²) in [7, 11) is 1.24. The summed E-state index contributed by atoms with van der Waals surface area (Å²) in [5.41, 5.74) is 5.37. The Morgan fingerprint density at radius 3 is 3.04 bits per heavy atom. The molecule has 14 heteroatoms. The van der Waals surface area contributed by atoms with Crippen LogP contribution in [-0.4, -0.2) is 41.3 Å². The van der Waals surface area contributed by atoms with Gasteiger partial charge >= 0.3 is 12.4 Å². The fourth-order valence-electron chi connectivity index (χ4n) is 2.46. The second-order valence-corrected chi connectivity index (χ2v) is 8.00. The number of azide groups is 1. The second-order valence-electron chi connectivity index (χ2n) is 4.93. The summed E-state index contributed by atoms with van der Waals surface area (Å²) < 4.78 is 36.7. The van der Waals surface area contributed by atoms with E-state index in [-0.39, 0.29) is 0 Å². The Hall–Kier alpha value is -1.59. The van der Waals surface area contributed by atoms with Gasteiger partial charge in [-0.3, -0.25) is 18.9 Å². The number of hydrogen-bond acceptors (Lipinski definition) is 8. The highest BCUT2D eigenvalue weighted by atomic mass is 32.5. The molecular weight excluding hydrogens is 368 g/mol. The smallest absolute Gasteiger partial charge is 0.330 e. The summed E-state index contributed by atoms with van der Waals surface area (Å²) in [6, 6.07) is 1.02. The Morgan fingerprint density at radius 1 is 1.67 bits per heavy atom. The molecule has 2 unspecified atom stereocenters. The van der Waals surface area contributed by atoms with E-state index in [1.807, 2.05) is 4.98 Å². The van der Waals surface area contributed by atoms with Gasteiger partial charge in [0.1, 0.15) is 6.10 Å². The lowest BCUT2D eigenvalue weighted by Gasteiger charge is -2.38. The van der Waals surface area contributed by atoms with Crippen molar-refractivity contribution in [1.82, 2.24) is 9.55 Å². The average Bonchev–Trinajstić information content (AvgIpc) is 2.81. The minimum absolute atomic E-state index is 0.401. The SMILES string of the molecule is COP1(=S)OCC2(N=[N+]=[N-])O[C@@H](n3ccc(=O)[nH]c3=O)[C@H](F)[C@@H]2O1. The minimum Gasteiger partial charge on any atom is -0.337 e. The standard InChI is InChI=1S/C10H11FN5O6PS/c1-19-23(24)20-4-10(14-15-12)7(22-23)6(11)8(21-10)16-3-2-5(17)13-9(16)18/h2-3,6-8H,4H2,1H3,(H,13,17,18)/t6-,7+,8-,10?,23?/m1/s1. The van der Waals surface area contributed by atoms with Crippen LogP contribution in [0, 0.1) is 0 Å². The molecule has 0 spiro atoms. The van der Waals surface area contributed by atoms with Gasteiger partial charge in [-0.2, -0.15) is 0 Å². The number of aromatic nitrogens is 2. The van der Waals surface area contributed by atoms with Gasteiger partial charge in [-0.15, -0.1) is 0 Å². The summed E-state index contributed by atoms with van der Waals surface area (Å²) in [6.45, 7) is -3.62. The first-order valence-electron chi connectivity index (χ1n) is 6.52. The van der Waals surface area contributed by atoms with E-state index in [1.54, 1.807) is 0 Å². The average molecular weight is 379 g/mol. The maximum Gasteiger partial charge on any atom is 0.330 e. The van der Waals surface area contributed by atoms with Crippen LogP contribution >= 0.6 is 6.72 Å². The number of alkyl halides is 1. The number of H-pyrrole nitrogens is 1. The van der Waals surface area contributed by atoms with Gasteiger partial charge in [0.2, 0.25) is 5.72 Å². The third kappa shape index (κ3) is 2.70. The summed E-state index contributed by atoms with van der Waals surface area (Å²) in [6.07, 6.45) is -3.81. The van der Waals surface area contributed by atoms with Crippen molar-refractivity contribution in [2.75, 3.05) is 13.7 Å². The molecule has 2 aliphatic heterocycles. The molecule has 0 radical (unpaired) electrons. The van der Waals surface area contributed by atoms with Crippen LogP contribution in [0.4, 0.5) is 4.39 Å². The number of nitrogens with one attached hydrogen (secondary N) is 1. The Labute approximate surface area is 138 Å². The molecule has 0 aromatic carbocycles. The van der Waals surface area contributed by atoms with Crippen molar-refractivity contribution >= 4 is 18.5 Å². The van der Waals surface area contributed by atoms with Crippen molar-refractivity contribution in [2.24, 2.45) is 5.11 Å².